The minimum absolute atomic E-state index is 0.396. The number of nitrogens with zero attached hydrogens (tertiary/aromatic N) is 1. The van der Waals surface area contributed by atoms with Crippen LogP contribution in [-0.2, 0) is 6.42 Å². The smallest absolute Gasteiger partial charge is 0.103 e. The number of aryl methyl sites for hydroxylation is 1. The number of benzene rings is 1. The van der Waals surface area contributed by atoms with Gasteiger partial charge in [0.25, 0.3) is 0 Å². The Morgan fingerprint density at radius 2 is 2.05 bits per heavy atom. The van der Waals surface area contributed by atoms with Crippen molar-refractivity contribution in [3.63, 3.8) is 0 Å². The molecule has 0 saturated heterocycles. The van der Waals surface area contributed by atoms with E-state index in [9.17, 15) is 0 Å². The molecule has 4 nitrogen and oxygen atoms in total. The summed E-state index contributed by atoms with van der Waals surface area (Å²) >= 11 is 0. The number of rotatable bonds is 6. The maximum absolute atomic E-state index is 5.35. The average Bonchev–Trinajstić information content (AvgIpc) is 3.19. The number of aromatic amines is 1. The Hall–Kier alpha value is -2.49. The molecule has 2 N–H and O–H groups in total. The maximum atomic E-state index is 5.35. The molecule has 0 saturated carbocycles. The quantitative estimate of drug-likeness (QED) is 0.715. The molecule has 0 fully saturated rings. The van der Waals surface area contributed by atoms with Crippen LogP contribution in [0.15, 0.2) is 59.3 Å². The fourth-order valence-electron chi connectivity index (χ4n) is 2.33. The van der Waals surface area contributed by atoms with Crippen molar-refractivity contribution in [1.82, 2.24) is 10.2 Å². The van der Waals surface area contributed by atoms with Crippen molar-refractivity contribution in [2.75, 3.05) is 5.32 Å². The molecule has 2 aromatic heterocycles. The summed E-state index contributed by atoms with van der Waals surface area (Å²) in [7, 11) is 0. The number of nitrogens with one attached hydrogen (secondary N) is 2. The monoisotopic (exact) mass is 281 g/mol. The number of furan rings is 1. The van der Waals surface area contributed by atoms with E-state index in [1.807, 2.05) is 18.2 Å². The molecule has 3 aromatic rings. The predicted octanol–water partition coefficient (Wildman–Crippen LogP) is 4.10. The Morgan fingerprint density at radius 1 is 1.19 bits per heavy atom. The molecule has 1 atom stereocenters. The van der Waals surface area contributed by atoms with Gasteiger partial charge >= 0.3 is 0 Å². The van der Waals surface area contributed by atoms with Gasteiger partial charge in [-0.15, -0.1) is 0 Å². The van der Waals surface area contributed by atoms with Gasteiger partial charge in [-0.2, -0.15) is 5.10 Å². The number of H-pyrrole nitrogens is 1. The van der Waals surface area contributed by atoms with Crippen LogP contribution in [-0.4, -0.2) is 16.2 Å². The Balaban J connectivity index is 1.55. The van der Waals surface area contributed by atoms with Crippen LogP contribution in [0.25, 0.3) is 11.3 Å². The van der Waals surface area contributed by atoms with Gasteiger partial charge in [-0.25, -0.2) is 0 Å². The summed E-state index contributed by atoms with van der Waals surface area (Å²) in [6.07, 6.45) is 5.48. The first kappa shape index (κ1) is 13.5. The fraction of sp³-hybridized carbons (Fsp3) is 0.235. The third-order valence-electron chi connectivity index (χ3n) is 3.51. The predicted molar refractivity (Wildman–Crippen MR) is 84.1 cm³/mol. The lowest BCUT2D eigenvalue weighted by Gasteiger charge is -2.14. The van der Waals surface area contributed by atoms with Gasteiger partial charge in [-0.05, 0) is 49.2 Å². The summed E-state index contributed by atoms with van der Waals surface area (Å²) < 4.78 is 5.35. The lowest BCUT2D eigenvalue weighted by atomic mass is 10.1. The third-order valence-corrected chi connectivity index (χ3v) is 3.51. The topological polar surface area (TPSA) is 53.9 Å². The van der Waals surface area contributed by atoms with Crippen molar-refractivity contribution < 1.29 is 4.42 Å². The first-order valence-electron chi connectivity index (χ1n) is 7.20. The molecule has 2 heterocycles. The molecule has 0 aliphatic rings. The number of aromatic nitrogens is 2. The molecule has 0 bridgehead atoms. The Morgan fingerprint density at radius 3 is 2.71 bits per heavy atom. The van der Waals surface area contributed by atoms with Gasteiger partial charge in [0.2, 0.25) is 0 Å². The lowest BCUT2D eigenvalue weighted by Crippen LogP contribution is -2.15. The van der Waals surface area contributed by atoms with E-state index in [0.29, 0.717) is 6.04 Å². The van der Waals surface area contributed by atoms with E-state index < -0.39 is 0 Å². The number of anilines is 1. The van der Waals surface area contributed by atoms with Crippen molar-refractivity contribution in [3.05, 3.63) is 60.7 Å². The third kappa shape index (κ3) is 3.54. The zero-order valence-corrected chi connectivity index (χ0v) is 12.0. The first-order valence-corrected chi connectivity index (χ1v) is 7.20. The molecule has 1 aromatic carbocycles. The second kappa shape index (κ2) is 6.31. The lowest BCUT2D eigenvalue weighted by molar-refractivity contribution is 0.495. The van der Waals surface area contributed by atoms with Crippen LogP contribution in [0.1, 0.15) is 19.1 Å². The van der Waals surface area contributed by atoms with Gasteiger partial charge < -0.3 is 9.73 Å². The largest absolute Gasteiger partial charge is 0.469 e. The molecule has 21 heavy (non-hydrogen) atoms. The van der Waals surface area contributed by atoms with Gasteiger partial charge in [0.15, 0.2) is 0 Å². The molecule has 0 amide bonds. The minimum Gasteiger partial charge on any atom is -0.469 e. The molecule has 0 spiro atoms. The zero-order chi connectivity index (χ0) is 14.5. The van der Waals surface area contributed by atoms with E-state index in [1.165, 1.54) is 0 Å². The Labute approximate surface area is 124 Å². The Bertz CT molecular complexity index is 642. The fourth-order valence-corrected chi connectivity index (χ4v) is 2.33. The Kier molecular flexibility index (Phi) is 4.05. The van der Waals surface area contributed by atoms with Crippen LogP contribution in [0.5, 0.6) is 0 Å². The highest BCUT2D eigenvalue weighted by molar-refractivity contribution is 5.62. The van der Waals surface area contributed by atoms with Gasteiger partial charge in [-0.1, -0.05) is 12.1 Å². The van der Waals surface area contributed by atoms with Crippen LogP contribution < -0.4 is 5.32 Å². The van der Waals surface area contributed by atoms with Crippen LogP contribution in [0.4, 0.5) is 5.69 Å². The molecule has 108 valence electrons. The normalized spacial score (nSPS) is 12.2. The summed E-state index contributed by atoms with van der Waals surface area (Å²) in [5.74, 6) is 1.04. The van der Waals surface area contributed by atoms with E-state index >= 15 is 0 Å². The molecule has 0 aliphatic carbocycles. The average molecular weight is 281 g/mol. The van der Waals surface area contributed by atoms with Gasteiger partial charge in [0.05, 0.1) is 12.0 Å². The van der Waals surface area contributed by atoms with E-state index in [1.54, 1.807) is 12.5 Å². The standard InChI is InChI=1S/C17H19N3O/c1-13(4-9-16-3-2-12-21-16)19-15-7-5-14(6-8-15)17-10-11-18-20-17/h2-3,5-8,10-13,19H,4,9H2,1H3,(H,18,20). The van der Waals surface area contributed by atoms with Crippen molar-refractivity contribution >= 4 is 5.69 Å². The first-order chi connectivity index (χ1) is 10.3. The summed E-state index contributed by atoms with van der Waals surface area (Å²) in [5, 5.41) is 10.4. The van der Waals surface area contributed by atoms with Crippen molar-refractivity contribution in [2.45, 2.75) is 25.8 Å². The summed E-state index contributed by atoms with van der Waals surface area (Å²) in [5.41, 5.74) is 3.30. The van der Waals surface area contributed by atoms with E-state index in [-0.39, 0.29) is 0 Å². The van der Waals surface area contributed by atoms with Gasteiger partial charge in [0.1, 0.15) is 5.76 Å². The molecule has 0 radical (unpaired) electrons. The highest BCUT2D eigenvalue weighted by atomic mass is 16.3. The maximum Gasteiger partial charge on any atom is 0.103 e. The van der Waals surface area contributed by atoms with Crippen molar-refractivity contribution in [2.24, 2.45) is 0 Å². The number of hydrogen-bond donors (Lipinski definition) is 2. The van der Waals surface area contributed by atoms with Crippen LogP contribution in [0.2, 0.25) is 0 Å². The molecule has 0 aliphatic heterocycles. The van der Waals surface area contributed by atoms with Crippen LogP contribution in [0, 0.1) is 0 Å². The number of hydrogen-bond acceptors (Lipinski definition) is 3. The second-order valence-corrected chi connectivity index (χ2v) is 5.21. The highest BCUT2D eigenvalue weighted by Crippen LogP contribution is 2.20. The SMILES string of the molecule is CC(CCc1ccco1)Nc1ccc(-c2ccn[nH]2)cc1. The molecular weight excluding hydrogens is 262 g/mol. The van der Waals surface area contributed by atoms with Crippen LogP contribution in [0.3, 0.4) is 0 Å². The highest BCUT2D eigenvalue weighted by Gasteiger charge is 2.05. The summed E-state index contributed by atoms with van der Waals surface area (Å²) in [6.45, 7) is 2.19. The van der Waals surface area contributed by atoms with E-state index in [2.05, 4.69) is 46.7 Å². The summed E-state index contributed by atoms with van der Waals surface area (Å²) in [6, 6.07) is 14.7. The molecular formula is C17H19N3O. The molecule has 3 rings (SSSR count). The second-order valence-electron chi connectivity index (χ2n) is 5.21. The van der Waals surface area contributed by atoms with Crippen molar-refractivity contribution in [1.29, 1.82) is 0 Å². The minimum atomic E-state index is 0.396. The van der Waals surface area contributed by atoms with E-state index in [4.69, 9.17) is 4.42 Å². The van der Waals surface area contributed by atoms with Crippen LogP contribution >= 0.6 is 0 Å². The molecule has 4 heteroatoms. The zero-order valence-electron chi connectivity index (χ0n) is 12.0. The van der Waals surface area contributed by atoms with E-state index in [0.717, 1.165) is 35.5 Å². The molecule has 1 unspecified atom stereocenters. The summed E-state index contributed by atoms with van der Waals surface area (Å²) in [4.78, 5) is 0. The van der Waals surface area contributed by atoms with Gasteiger partial charge in [-0.3, -0.25) is 5.10 Å². The van der Waals surface area contributed by atoms with Crippen molar-refractivity contribution in [3.8, 4) is 11.3 Å². The van der Waals surface area contributed by atoms with Gasteiger partial charge in [0, 0.05) is 24.3 Å².